The maximum atomic E-state index is 12.9. The van der Waals surface area contributed by atoms with Gasteiger partial charge in [0, 0.05) is 15.8 Å². The minimum Gasteiger partial charge on any atom is -0.493 e. The van der Waals surface area contributed by atoms with Gasteiger partial charge in [0.2, 0.25) is 0 Å². The number of aryl methyl sites for hydroxylation is 1. The number of carbonyl (C=O) groups is 2. The second kappa shape index (κ2) is 10.4. The number of rotatable bonds is 9. The van der Waals surface area contributed by atoms with E-state index in [0.29, 0.717) is 40.7 Å². The molecule has 1 aromatic carbocycles. The second-order valence-corrected chi connectivity index (χ2v) is 8.45. The molecule has 0 radical (unpaired) electrons. The normalized spacial score (nSPS) is 10.6. The first-order valence-electron chi connectivity index (χ1n) is 9.77. The van der Waals surface area contributed by atoms with Crippen LogP contribution in [0.1, 0.15) is 50.7 Å². The number of nitrogens with one attached hydrogen (secondary N) is 1. The molecular weight excluding hydrogens is 436 g/mol. The van der Waals surface area contributed by atoms with Crippen molar-refractivity contribution in [3.05, 3.63) is 56.4 Å². The van der Waals surface area contributed by atoms with Crippen LogP contribution in [-0.2, 0) is 17.8 Å². The maximum Gasteiger partial charge on any atom is 0.341 e. The van der Waals surface area contributed by atoms with Crippen molar-refractivity contribution < 1.29 is 23.8 Å². The van der Waals surface area contributed by atoms with Crippen LogP contribution in [-0.4, -0.2) is 30.6 Å². The molecule has 31 heavy (non-hydrogen) atoms. The summed E-state index contributed by atoms with van der Waals surface area (Å²) in [6.45, 7) is 6.23. The summed E-state index contributed by atoms with van der Waals surface area (Å²) in [6.07, 6.45) is 0.672. The summed E-state index contributed by atoms with van der Waals surface area (Å²) >= 11 is 2.86. The SMILES string of the molecule is CCOC(=O)c1c(NC(=O)c2ccc(OCc3cscn3)c(OC)c2)sc(C)c1CC. The maximum absolute atomic E-state index is 12.9. The number of ether oxygens (including phenoxy) is 3. The molecule has 0 saturated carbocycles. The fourth-order valence-corrected chi connectivity index (χ4v) is 4.75. The summed E-state index contributed by atoms with van der Waals surface area (Å²) < 4.78 is 16.4. The lowest BCUT2D eigenvalue weighted by Crippen LogP contribution is -2.15. The molecule has 0 atom stereocenters. The number of carbonyl (C=O) groups excluding carboxylic acids is 2. The Bertz CT molecular complexity index is 1060. The van der Waals surface area contributed by atoms with E-state index in [1.807, 2.05) is 19.2 Å². The quantitative estimate of drug-likeness (QED) is 0.448. The van der Waals surface area contributed by atoms with Crippen molar-refractivity contribution in [2.24, 2.45) is 0 Å². The van der Waals surface area contributed by atoms with Crippen molar-refractivity contribution in [1.82, 2.24) is 4.98 Å². The number of hydrogen-bond acceptors (Lipinski definition) is 8. The molecule has 2 aromatic heterocycles. The van der Waals surface area contributed by atoms with Gasteiger partial charge in [-0.05, 0) is 44.0 Å². The van der Waals surface area contributed by atoms with Gasteiger partial charge in [-0.1, -0.05) is 6.92 Å². The Hall–Kier alpha value is -2.91. The lowest BCUT2D eigenvalue weighted by Gasteiger charge is -2.12. The number of anilines is 1. The number of aromatic nitrogens is 1. The van der Waals surface area contributed by atoms with E-state index in [1.165, 1.54) is 29.8 Å². The number of benzene rings is 1. The Balaban J connectivity index is 1.81. The summed E-state index contributed by atoms with van der Waals surface area (Å²) in [7, 11) is 1.52. The number of thiophene rings is 1. The van der Waals surface area contributed by atoms with Crippen LogP contribution in [0, 0.1) is 6.92 Å². The number of methoxy groups -OCH3 is 1. The molecule has 9 heteroatoms. The highest BCUT2D eigenvalue weighted by Gasteiger charge is 2.24. The molecule has 0 bridgehead atoms. The van der Waals surface area contributed by atoms with Gasteiger partial charge in [-0.15, -0.1) is 22.7 Å². The van der Waals surface area contributed by atoms with Gasteiger partial charge in [0.05, 0.1) is 30.5 Å². The van der Waals surface area contributed by atoms with Crippen molar-refractivity contribution in [1.29, 1.82) is 0 Å². The van der Waals surface area contributed by atoms with E-state index < -0.39 is 5.97 Å². The van der Waals surface area contributed by atoms with Gasteiger partial charge < -0.3 is 19.5 Å². The zero-order valence-corrected chi connectivity index (χ0v) is 19.4. The zero-order chi connectivity index (χ0) is 22.4. The first kappa shape index (κ1) is 22.8. The number of amides is 1. The lowest BCUT2D eigenvalue weighted by molar-refractivity contribution is 0.0527. The predicted octanol–water partition coefficient (Wildman–Crippen LogP) is 5.09. The summed E-state index contributed by atoms with van der Waals surface area (Å²) in [6, 6.07) is 4.94. The summed E-state index contributed by atoms with van der Waals surface area (Å²) in [4.78, 5) is 30.6. The molecular formula is C22H24N2O5S2. The van der Waals surface area contributed by atoms with E-state index >= 15 is 0 Å². The van der Waals surface area contributed by atoms with Crippen LogP contribution in [0.3, 0.4) is 0 Å². The average Bonchev–Trinajstić information content (AvgIpc) is 3.39. The molecule has 0 aliphatic rings. The molecule has 3 rings (SSSR count). The van der Waals surface area contributed by atoms with Gasteiger partial charge in [-0.2, -0.15) is 0 Å². The fourth-order valence-electron chi connectivity index (χ4n) is 3.08. The van der Waals surface area contributed by atoms with E-state index in [-0.39, 0.29) is 12.5 Å². The van der Waals surface area contributed by atoms with Crippen LogP contribution < -0.4 is 14.8 Å². The third-order valence-corrected chi connectivity index (χ3v) is 6.25. The molecule has 2 heterocycles. The monoisotopic (exact) mass is 460 g/mol. The zero-order valence-electron chi connectivity index (χ0n) is 17.8. The predicted molar refractivity (Wildman–Crippen MR) is 122 cm³/mol. The van der Waals surface area contributed by atoms with E-state index in [2.05, 4.69) is 10.3 Å². The molecule has 7 nitrogen and oxygen atoms in total. The average molecular weight is 461 g/mol. The number of esters is 1. The Labute approximate surface area is 189 Å². The van der Waals surface area contributed by atoms with Crippen molar-refractivity contribution in [3.8, 4) is 11.5 Å². The highest BCUT2D eigenvalue weighted by molar-refractivity contribution is 7.16. The summed E-state index contributed by atoms with van der Waals surface area (Å²) in [5.41, 5.74) is 4.26. The standard InChI is InChI=1S/C22H24N2O5S2/c1-5-16-13(3)31-21(19(16)22(26)28-6-2)24-20(25)14-7-8-17(18(9-14)27-4)29-10-15-11-30-12-23-15/h7-9,11-12H,5-6,10H2,1-4H3,(H,24,25). The van der Waals surface area contributed by atoms with Crippen LogP contribution in [0.2, 0.25) is 0 Å². The molecule has 0 aliphatic carbocycles. The van der Waals surface area contributed by atoms with Gasteiger partial charge in [-0.3, -0.25) is 4.79 Å². The van der Waals surface area contributed by atoms with Crippen LogP contribution in [0.25, 0.3) is 0 Å². The first-order chi connectivity index (χ1) is 15.0. The van der Waals surface area contributed by atoms with Crippen molar-refractivity contribution >= 4 is 39.6 Å². The van der Waals surface area contributed by atoms with E-state index in [0.717, 1.165) is 16.1 Å². The molecule has 0 saturated heterocycles. The van der Waals surface area contributed by atoms with Gasteiger partial charge in [0.1, 0.15) is 11.6 Å². The minimum absolute atomic E-state index is 0.268. The fraction of sp³-hybridized carbons (Fsp3) is 0.318. The van der Waals surface area contributed by atoms with Crippen molar-refractivity contribution in [2.75, 3.05) is 19.0 Å². The van der Waals surface area contributed by atoms with E-state index in [1.54, 1.807) is 30.6 Å². The first-order valence-corrected chi connectivity index (χ1v) is 11.5. The third-order valence-electron chi connectivity index (χ3n) is 4.55. The van der Waals surface area contributed by atoms with Crippen molar-refractivity contribution in [2.45, 2.75) is 33.8 Å². The van der Waals surface area contributed by atoms with Crippen LogP contribution in [0.4, 0.5) is 5.00 Å². The number of thiazole rings is 1. The third kappa shape index (κ3) is 5.23. The van der Waals surface area contributed by atoms with E-state index in [4.69, 9.17) is 14.2 Å². The Morgan fingerprint density at radius 1 is 1.19 bits per heavy atom. The van der Waals surface area contributed by atoms with Crippen molar-refractivity contribution in [3.63, 3.8) is 0 Å². The van der Waals surface area contributed by atoms with Crippen LogP contribution in [0.15, 0.2) is 29.1 Å². The van der Waals surface area contributed by atoms with Crippen LogP contribution >= 0.6 is 22.7 Å². The van der Waals surface area contributed by atoms with Gasteiger partial charge in [0.15, 0.2) is 11.5 Å². The number of nitrogens with zero attached hydrogens (tertiary/aromatic N) is 1. The summed E-state index contributed by atoms with van der Waals surface area (Å²) in [5.74, 6) is 0.172. The van der Waals surface area contributed by atoms with E-state index in [9.17, 15) is 9.59 Å². The molecule has 1 amide bonds. The Morgan fingerprint density at radius 3 is 2.65 bits per heavy atom. The number of hydrogen-bond donors (Lipinski definition) is 1. The smallest absolute Gasteiger partial charge is 0.341 e. The largest absolute Gasteiger partial charge is 0.493 e. The molecule has 1 N–H and O–H groups in total. The molecule has 0 aliphatic heterocycles. The van der Waals surface area contributed by atoms with Crippen LogP contribution in [0.5, 0.6) is 11.5 Å². The highest BCUT2D eigenvalue weighted by Crippen LogP contribution is 2.35. The Morgan fingerprint density at radius 2 is 2.00 bits per heavy atom. The lowest BCUT2D eigenvalue weighted by atomic mass is 10.1. The Kier molecular flexibility index (Phi) is 7.64. The topological polar surface area (TPSA) is 86.8 Å². The second-order valence-electron chi connectivity index (χ2n) is 6.50. The van der Waals surface area contributed by atoms with Gasteiger partial charge in [0.25, 0.3) is 5.91 Å². The molecule has 164 valence electrons. The molecule has 0 fully saturated rings. The molecule has 0 unspecified atom stereocenters. The molecule has 3 aromatic rings. The molecule has 0 spiro atoms. The summed E-state index contributed by atoms with van der Waals surface area (Å²) in [5, 5.41) is 5.25. The van der Waals surface area contributed by atoms with Gasteiger partial charge >= 0.3 is 5.97 Å². The minimum atomic E-state index is -0.428. The van der Waals surface area contributed by atoms with Gasteiger partial charge in [-0.25, -0.2) is 9.78 Å². The highest BCUT2D eigenvalue weighted by atomic mass is 32.1.